The number of ether oxygens (including phenoxy) is 5. The van der Waals surface area contributed by atoms with Crippen molar-refractivity contribution in [1.82, 2.24) is 10.3 Å². The van der Waals surface area contributed by atoms with Gasteiger partial charge in [-0.25, -0.2) is 4.98 Å². The summed E-state index contributed by atoms with van der Waals surface area (Å²) in [7, 11) is 2.96. The van der Waals surface area contributed by atoms with Crippen LogP contribution in [-0.2, 0) is 50.4 Å². The van der Waals surface area contributed by atoms with Crippen molar-refractivity contribution in [3.05, 3.63) is 59.8 Å². The van der Waals surface area contributed by atoms with Gasteiger partial charge in [0.25, 0.3) is 0 Å². The smallest absolute Gasteiger partial charge is 0.312 e. The second kappa shape index (κ2) is 25.4. The first-order valence-electron chi connectivity index (χ1n) is 19.4. The maximum Gasteiger partial charge on any atom is 0.312 e. The number of thiocarbonyl (C=S) groups is 1. The SMILES string of the molecule is CCSC(=S)SCc1ccccc1COC(=O)CC(C)(CC(C)C(=O)NCCSSc1ccccn1)C(=O)OC[C@H]1O[C@H](O[C@H]2O[C@H](CO)[C@@H](O)[C@H](O)[C@H]2O)[C@H](O)[C@@H](O)[C@@H]1O. The maximum atomic E-state index is 14.0. The van der Waals surface area contributed by atoms with Crippen LogP contribution in [0, 0.1) is 11.3 Å². The van der Waals surface area contributed by atoms with Crippen LogP contribution in [0.15, 0.2) is 53.7 Å². The number of amides is 1. The summed E-state index contributed by atoms with van der Waals surface area (Å²) in [4.78, 5) is 45.0. The molecular weight excluding hydrogens is 897 g/mol. The first kappa shape index (κ1) is 51.5. The fraction of sp³-hybridized carbons (Fsp3) is 0.615. The van der Waals surface area contributed by atoms with Crippen LogP contribution in [0.1, 0.15) is 44.7 Å². The Balaban J connectivity index is 1.43. The van der Waals surface area contributed by atoms with Crippen LogP contribution in [0.25, 0.3) is 0 Å². The van der Waals surface area contributed by atoms with Gasteiger partial charge in [0.2, 0.25) is 5.91 Å². The minimum Gasteiger partial charge on any atom is -0.462 e. The fourth-order valence-electron chi connectivity index (χ4n) is 6.36. The summed E-state index contributed by atoms with van der Waals surface area (Å²) in [6.07, 6.45) is -16.6. The molecule has 12 atom stereocenters. The molecule has 2 aromatic rings. The van der Waals surface area contributed by atoms with Crippen LogP contribution < -0.4 is 5.32 Å². The molecule has 0 aliphatic carbocycles. The van der Waals surface area contributed by atoms with Crippen molar-refractivity contribution in [3.63, 3.8) is 0 Å². The van der Waals surface area contributed by atoms with Crippen LogP contribution in [0.4, 0.5) is 0 Å². The molecule has 0 spiro atoms. The molecule has 2 aliphatic rings. The highest BCUT2D eigenvalue weighted by molar-refractivity contribution is 8.76. The number of pyridine rings is 1. The summed E-state index contributed by atoms with van der Waals surface area (Å²) >= 11 is 8.47. The Morgan fingerprint density at radius 2 is 1.52 bits per heavy atom. The lowest BCUT2D eigenvalue weighted by Gasteiger charge is -2.44. The van der Waals surface area contributed by atoms with E-state index in [0.717, 1.165) is 25.4 Å². The van der Waals surface area contributed by atoms with E-state index >= 15 is 0 Å². The molecule has 0 radical (unpaired) electrons. The Bertz CT molecular complexity index is 1720. The number of aromatic nitrogens is 1. The number of nitrogens with zero attached hydrogens (tertiary/aromatic N) is 1. The van der Waals surface area contributed by atoms with Crippen molar-refractivity contribution >= 4 is 78.7 Å². The van der Waals surface area contributed by atoms with Gasteiger partial charge < -0.3 is 64.7 Å². The number of nitrogens with one attached hydrogen (secondary N) is 1. The van der Waals surface area contributed by atoms with Crippen molar-refractivity contribution in [1.29, 1.82) is 0 Å². The Morgan fingerprint density at radius 1 is 0.885 bits per heavy atom. The molecule has 61 heavy (non-hydrogen) atoms. The van der Waals surface area contributed by atoms with Crippen molar-refractivity contribution in [3.8, 4) is 0 Å². The Kier molecular flexibility index (Phi) is 21.4. The average molecular weight is 951 g/mol. The Labute approximate surface area is 375 Å². The molecule has 1 amide bonds. The Hall–Kier alpha value is -2.13. The van der Waals surface area contributed by atoms with Gasteiger partial charge in [0.1, 0.15) is 70.6 Å². The molecule has 0 bridgehead atoms. The van der Waals surface area contributed by atoms with Crippen LogP contribution >= 0.6 is 57.3 Å². The van der Waals surface area contributed by atoms with Crippen molar-refractivity contribution in [2.45, 2.75) is 112 Å². The third kappa shape index (κ3) is 15.2. The van der Waals surface area contributed by atoms with E-state index in [2.05, 4.69) is 10.3 Å². The summed E-state index contributed by atoms with van der Waals surface area (Å²) < 4.78 is 28.5. The van der Waals surface area contributed by atoms with Gasteiger partial charge in [-0.1, -0.05) is 67.2 Å². The molecule has 17 nitrogen and oxygen atoms in total. The number of hydrogen-bond acceptors (Lipinski definition) is 21. The standard InChI is InChI=1S/C39H54N2O15S5/c1-4-58-38(57)59-20-23-10-6-5-9-22(23)18-52-27(43)16-39(3,15-21(2)34(50)41-13-14-60-61-26-11-7-8-12-40-26)37(51)53-19-25-29(45)31(47)33(49)36(55-25)56-35-32(48)30(46)28(44)24(17-42)54-35/h5-12,21,24-25,28-33,35-36,42,44-49H,4,13-20H2,1-3H3,(H,41,50)/t21?,24-,25-,28-,29-,30+,31+,32-,33-,35-,36-,39?/m1/s1. The third-order valence-electron chi connectivity index (χ3n) is 9.78. The highest BCUT2D eigenvalue weighted by Gasteiger charge is 2.50. The molecule has 1 aromatic heterocycles. The summed E-state index contributed by atoms with van der Waals surface area (Å²) in [6, 6.07) is 13.0. The molecule has 0 saturated carbocycles. The molecule has 3 heterocycles. The minimum absolute atomic E-state index is 0.100. The highest BCUT2D eigenvalue weighted by atomic mass is 33.1. The summed E-state index contributed by atoms with van der Waals surface area (Å²) in [6.45, 7) is 3.76. The predicted octanol–water partition coefficient (Wildman–Crippen LogP) is 1.54. The van der Waals surface area contributed by atoms with Gasteiger partial charge in [-0.2, -0.15) is 0 Å². The molecule has 2 saturated heterocycles. The number of rotatable bonds is 21. The van der Waals surface area contributed by atoms with E-state index in [9.17, 15) is 50.1 Å². The third-order valence-corrected chi connectivity index (χ3v) is 14.7. The lowest BCUT2D eigenvalue weighted by atomic mass is 9.78. The molecule has 2 fully saturated rings. The molecule has 1 aromatic carbocycles. The van der Waals surface area contributed by atoms with Crippen LogP contribution in [0.2, 0.25) is 0 Å². The normalized spacial score (nSPS) is 28.0. The van der Waals surface area contributed by atoms with E-state index in [0.29, 0.717) is 18.1 Å². The fourth-order valence-corrected chi connectivity index (χ4v) is 10.3. The number of aliphatic hydroxyl groups is 7. The first-order chi connectivity index (χ1) is 29.1. The van der Waals surface area contributed by atoms with Gasteiger partial charge in [-0.05, 0) is 53.2 Å². The molecule has 2 unspecified atom stereocenters. The second-order valence-electron chi connectivity index (χ2n) is 14.6. The predicted molar refractivity (Wildman–Crippen MR) is 233 cm³/mol. The van der Waals surface area contributed by atoms with Gasteiger partial charge in [-0.3, -0.25) is 14.4 Å². The van der Waals surface area contributed by atoms with Gasteiger partial charge in [-0.15, -0.1) is 23.5 Å². The van der Waals surface area contributed by atoms with E-state index in [1.165, 1.54) is 40.3 Å². The van der Waals surface area contributed by atoms with Crippen LogP contribution in [-0.4, -0.2) is 155 Å². The van der Waals surface area contributed by atoms with Gasteiger partial charge in [0, 0.05) is 30.2 Å². The number of carbonyl (C=O) groups is 3. The molecular formula is C39H54N2O15S5. The second-order valence-corrected chi connectivity index (χ2v) is 20.4. The molecule has 340 valence electrons. The number of benzene rings is 1. The lowest BCUT2D eigenvalue weighted by molar-refractivity contribution is -0.376. The van der Waals surface area contributed by atoms with Gasteiger partial charge in [0.05, 0.1) is 18.4 Å². The largest absolute Gasteiger partial charge is 0.462 e. The topological polar surface area (TPSA) is 264 Å². The summed E-state index contributed by atoms with van der Waals surface area (Å²) in [5.41, 5.74) is -0.00985. The monoisotopic (exact) mass is 950 g/mol. The number of hydrogen-bond donors (Lipinski definition) is 8. The number of carbonyl (C=O) groups excluding carboxylic acids is 3. The van der Waals surface area contributed by atoms with Crippen molar-refractivity contribution < 1.29 is 73.8 Å². The zero-order valence-corrected chi connectivity index (χ0v) is 37.8. The van der Waals surface area contributed by atoms with Crippen molar-refractivity contribution in [2.75, 3.05) is 31.3 Å². The van der Waals surface area contributed by atoms with E-state index < -0.39 is 104 Å². The van der Waals surface area contributed by atoms with Crippen LogP contribution in [0.5, 0.6) is 0 Å². The highest BCUT2D eigenvalue weighted by Crippen LogP contribution is 2.35. The molecule has 2 aliphatic heterocycles. The van der Waals surface area contributed by atoms with Gasteiger partial charge >= 0.3 is 11.9 Å². The zero-order valence-electron chi connectivity index (χ0n) is 33.7. The zero-order chi connectivity index (χ0) is 44.7. The number of aliphatic hydroxyl groups excluding tert-OH is 7. The van der Waals surface area contributed by atoms with E-state index in [1.807, 2.05) is 49.4 Å². The number of thioether (sulfide) groups is 2. The van der Waals surface area contributed by atoms with E-state index in [-0.39, 0.29) is 18.9 Å². The maximum absolute atomic E-state index is 14.0. The first-order valence-corrected chi connectivity index (χ1v) is 24.1. The van der Waals surface area contributed by atoms with Crippen molar-refractivity contribution in [2.24, 2.45) is 11.3 Å². The Morgan fingerprint density at radius 3 is 2.16 bits per heavy atom. The van der Waals surface area contributed by atoms with Crippen LogP contribution in [0.3, 0.4) is 0 Å². The molecule has 22 heteroatoms. The lowest BCUT2D eigenvalue weighted by Crippen LogP contribution is -2.63. The van der Waals surface area contributed by atoms with E-state index in [4.69, 9.17) is 35.9 Å². The van der Waals surface area contributed by atoms with E-state index in [1.54, 1.807) is 24.9 Å². The average Bonchev–Trinajstić information content (AvgIpc) is 3.25. The van der Waals surface area contributed by atoms with Gasteiger partial charge in [0.15, 0.2) is 12.6 Å². The summed E-state index contributed by atoms with van der Waals surface area (Å²) in [5, 5.41) is 76.0. The number of esters is 2. The molecule has 8 N–H and O–H groups in total. The quantitative estimate of drug-likeness (QED) is 0.0382. The molecule has 4 rings (SSSR count). The summed E-state index contributed by atoms with van der Waals surface area (Å²) in [5.74, 6) is -0.935. The minimum atomic E-state index is -1.93.